The lowest BCUT2D eigenvalue weighted by Gasteiger charge is -2.33. The van der Waals surface area contributed by atoms with E-state index in [4.69, 9.17) is 4.74 Å². The Kier molecular flexibility index (Phi) is 5.36. The van der Waals surface area contributed by atoms with Gasteiger partial charge in [0.15, 0.2) is 0 Å². The zero-order valence-corrected chi connectivity index (χ0v) is 15.6. The zero-order valence-electron chi connectivity index (χ0n) is 15.6. The summed E-state index contributed by atoms with van der Waals surface area (Å²) in [6.45, 7) is 2.42. The summed E-state index contributed by atoms with van der Waals surface area (Å²) < 4.78 is 5.85. The number of likely N-dealkylation sites (tertiary alicyclic amines) is 1. The van der Waals surface area contributed by atoms with Crippen molar-refractivity contribution in [1.29, 1.82) is 0 Å². The third-order valence-corrected chi connectivity index (χ3v) is 5.06. The lowest BCUT2D eigenvalue weighted by atomic mass is 10.1. The Morgan fingerprint density at radius 3 is 2.75 bits per heavy atom. The highest BCUT2D eigenvalue weighted by Crippen LogP contribution is 2.21. The number of amides is 3. The van der Waals surface area contributed by atoms with Gasteiger partial charge in [-0.3, -0.25) is 9.69 Å². The zero-order chi connectivity index (χ0) is 19.3. The van der Waals surface area contributed by atoms with Crippen molar-refractivity contribution >= 4 is 17.6 Å². The molecule has 0 bridgehead atoms. The third-order valence-electron chi connectivity index (χ3n) is 5.06. The number of piperidine rings is 1. The van der Waals surface area contributed by atoms with E-state index in [2.05, 4.69) is 10.2 Å². The Morgan fingerprint density at radius 1 is 1.11 bits per heavy atom. The molecule has 1 aromatic heterocycles. The summed E-state index contributed by atoms with van der Waals surface area (Å²) in [4.78, 5) is 30.5. The molecule has 0 unspecified atom stereocenters. The molecule has 3 amide bonds. The van der Waals surface area contributed by atoms with Gasteiger partial charge in [-0.05, 0) is 31.0 Å². The van der Waals surface area contributed by atoms with E-state index in [9.17, 15) is 9.59 Å². The largest absolute Gasteiger partial charge is 0.471 e. The van der Waals surface area contributed by atoms with E-state index in [0.717, 1.165) is 18.5 Å². The van der Waals surface area contributed by atoms with E-state index in [-0.39, 0.29) is 24.6 Å². The molecule has 1 aromatic carbocycles. The van der Waals surface area contributed by atoms with Crippen LogP contribution in [0.2, 0.25) is 0 Å². The Labute approximate surface area is 163 Å². The molecule has 1 atom stereocenters. The second-order valence-electron chi connectivity index (χ2n) is 6.98. The summed E-state index contributed by atoms with van der Waals surface area (Å²) in [5.41, 5.74) is 0.859. The highest BCUT2D eigenvalue weighted by molar-refractivity contribution is 5.96. The maximum absolute atomic E-state index is 12.8. The van der Waals surface area contributed by atoms with E-state index in [1.54, 1.807) is 33.0 Å². The van der Waals surface area contributed by atoms with Crippen molar-refractivity contribution in [3.8, 4) is 5.88 Å². The molecule has 28 heavy (non-hydrogen) atoms. The number of benzene rings is 1. The van der Waals surface area contributed by atoms with Crippen LogP contribution < -0.4 is 9.64 Å². The minimum atomic E-state index is -0.121. The number of para-hydroxylation sites is 1. The number of carbonyl (C=O) groups is 2. The van der Waals surface area contributed by atoms with Crippen LogP contribution in [0.15, 0.2) is 48.7 Å². The van der Waals surface area contributed by atoms with E-state index >= 15 is 0 Å². The molecular weight excluding hydrogens is 358 g/mol. The van der Waals surface area contributed by atoms with Crippen LogP contribution in [-0.4, -0.2) is 70.8 Å². The molecule has 2 aromatic rings. The lowest BCUT2D eigenvalue weighted by Crippen LogP contribution is -2.48. The van der Waals surface area contributed by atoms with Gasteiger partial charge in [0, 0.05) is 37.6 Å². The molecule has 8 heteroatoms. The second kappa shape index (κ2) is 8.24. The van der Waals surface area contributed by atoms with Gasteiger partial charge in [0.2, 0.25) is 11.8 Å². The smallest absolute Gasteiger partial charge is 0.325 e. The van der Waals surface area contributed by atoms with Gasteiger partial charge in [0.1, 0.15) is 12.6 Å². The number of nitrogens with zero attached hydrogens (tertiary/aromatic N) is 5. The molecule has 0 spiro atoms. The van der Waals surface area contributed by atoms with Gasteiger partial charge < -0.3 is 14.5 Å². The topological polar surface area (TPSA) is 78.9 Å². The average Bonchev–Trinajstić information content (AvgIpc) is 3.10. The predicted molar refractivity (Wildman–Crippen MR) is 103 cm³/mol. The second-order valence-corrected chi connectivity index (χ2v) is 6.98. The summed E-state index contributed by atoms with van der Waals surface area (Å²) in [6.07, 6.45) is 3.21. The fourth-order valence-electron chi connectivity index (χ4n) is 3.62. The number of ether oxygens (including phenoxy) is 1. The van der Waals surface area contributed by atoms with Crippen LogP contribution in [0.25, 0.3) is 0 Å². The van der Waals surface area contributed by atoms with Crippen molar-refractivity contribution < 1.29 is 14.3 Å². The van der Waals surface area contributed by atoms with Gasteiger partial charge in [-0.25, -0.2) is 4.79 Å². The number of hydrogen-bond donors (Lipinski definition) is 0. The first kappa shape index (κ1) is 18.2. The Hall–Kier alpha value is -3.16. The van der Waals surface area contributed by atoms with Crippen molar-refractivity contribution in [1.82, 2.24) is 20.0 Å². The number of aromatic nitrogens is 2. The van der Waals surface area contributed by atoms with Crippen LogP contribution in [0.4, 0.5) is 10.5 Å². The molecule has 2 aliphatic heterocycles. The Morgan fingerprint density at radius 2 is 1.96 bits per heavy atom. The highest BCUT2D eigenvalue weighted by Gasteiger charge is 2.33. The molecule has 146 valence electrons. The van der Waals surface area contributed by atoms with E-state index in [0.29, 0.717) is 32.1 Å². The van der Waals surface area contributed by atoms with Gasteiger partial charge in [-0.2, -0.15) is 5.10 Å². The lowest BCUT2D eigenvalue weighted by molar-refractivity contribution is -0.134. The van der Waals surface area contributed by atoms with Crippen LogP contribution in [0.5, 0.6) is 5.88 Å². The van der Waals surface area contributed by atoms with Crippen LogP contribution in [0, 0.1) is 0 Å². The predicted octanol–water partition coefficient (Wildman–Crippen LogP) is 1.79. The molecule has 4 rings (SSSR count). The minimum absolute atomic E-state index is 0.0456. The number of anilines is 1. The molecule has 0 N–H and O–H groups in total. The van der Waals surface area contributed by atoms with Gasteiger partial charge >= 0.3 is 6.03 Å². The van der Waals surface area contributed by atoms with E-state index < -0.39 is 0 Å². The van der Waals surface area contributed by atoms with Crippen molar-refractivity contribution in [2.24, 2.45) is 0 Å². The van der Waals surface area contributed by atoms with E-state index in [1.165, 1.54) is 0 Å². The average molecular weight is 381 g/mol. The van der Waals surface area contributed by atoms with Crippen molar-refractivity contribution in [2.75, 3.05) is 37.6 Å². The number of rotatable bonds is 5. The van der Waals surface area contributed by atoms with Crippen molar-refractivity contribution in [3.63, 3.8) is 0 Å². The maximum atomic E-state index is 12.8. The summed E-state index contributed by atoms with van der Waals surface area (Å²) >= 11 is 0. The summed E-state index contributed by atoms with van der Waals surface area (Å²) in [6, 6.07) is 12.9. The van der Waals surface area contributed by atoms with Crippen molar-refractivity contribution in [3.05, 3.63) is 48.7 Å². The first-order valence-electron chi connectivity index (χ1n) is 9.54. The van der Waals surface area contributed by atoms with Crippen LogP contribution in [-0.2, 0) is 4.79 Å². The fourth-order valence-corrected chi connectivity index (χ4v) is 3.62. The van der Waals surface area contributed by atoms with E-state index in [1.807, 2.05) is 30.3 Å². The normalized spacial score (nSPS) is 19.8. The molecule has 2 fully saturated rings. The molecule has 2 saturated heterocycles. The fraction of sp³-hybridized carbons (Fsp3) is 0.400. The number of carbonyl (C=O) groups excluding carboxylic acids is 2. The summed E-state index contributed by atoms with van der Waals surface area (Å²) in [5, 5.41) is 7.75. The highest BCUT2D eigenvalue weighted by atomic mass is 16.5. The van der Waals surface area contributed by atoms with Gasteiger partial charge in [-0.1, -0.05) is 18.2 Å². The maximum Gasteiger partial charge on any atom is 0.325 e. The summed E-state index contributed by atoms with van der Waals surface area (Å²) in [5.74, 6) is 0.422. The molecule has 3 heterocycles. The number of hydrogen-bond acceptors (Lipinski definition) is 5. The first-order valence-corrected chi connectivity index (χ1v) is 9.54. The molecular formula is C20H23N5O3. The molecule has 2 aliphatic rings. The summed E-state index contributed by atoms with van der Waals surface area (Å²) in [7, 11) is 0. The number of urea groups is 1. The standard InChI is InChI=1S/C20H23N5O3/c26-19(15-24-12-13-25(20(24)27)16-6-2-1-3-7-16)23-11-5-8-17(14-23)28-18-9-4-10-21-22-18/h1-4,6-7,9-10,17H,5,8,11-15H2/t17-/m0/s1. The Bertz CT molecular complexity index is 817. The minimum Gasteiger partial charge on any atom is -0.471 e. The van der Waals surface area contributed by atoms with Crippen LogP contribution >= 0.6 is 0 Å². The van der Waals surface area contributed by atoms with Gasteiger partial charge in [0.05, 0.1) is 6.54 Å². The Balaban J connectivity index is 1.33. The van der Waals surface area contributed by atoms with Crippen LogP contribution in [0.3, 0.4) is 0 Å². The van der Waals surface area contributed by atoms with Crippen molar-refractivity contribution in [2.45, 2.75) is 18.9 Å². The van der Waals surface area contributed by atoms with Crippen LogP contribution in [0.1, 0.15) is 12.8 Å². The monoisotopic (exact) mass is 381 g/mol. The molecule has 0 aliphatic carbocycles. The first-order chi connectivity index (χ1) is 13.7. The molecule has 0 saturated carbocycles. The third kappa shape index (κ3) is 4.05. The molecule has 0 radical (unpaired) electrons. The SMILES string of the molecule is O=C(CN1CCN(c2ccccc2)C1=O)N1CCC[C@H](Oc2cccnn2)C1. The quantitative estimate of drug-likeness (QED) is 0.789. The molecule has 8 nitrogen and oxygen atoms in total. The van der Waals surface area contributed by atoms with Gasteiger partial charge in [-0.15, -0.1) is 5.10 Å². The van der Waals surface area contributed by atoms with Gasteiger partial charge in [0.25, 0.3) is 0 Å².